The van der Waals surface area contributed by atoms with E-state index in [4.69, 9.17) is 0 Å². The van der Waals surface area contributed by atoms with Crippen LogP contribution in [0, 0.1) is 10.1 Å². The number of nitro benzene ring substituents is 1. The van der Waals surface area contributed by atoms with Gasteiger partial charge in [0.25, 0.3) is 5.69 Å². The van der Waals surface area contributed by atoms with Gasteiger partial charge in [0.05, 0.1) is 9.82 Å². The Hall–Kier alpha value is -3.30. The average molecular weight is 465 g/mol. The number of aryl methyl sites for hydroxylation is 1. The molecule has 0 bridgehead atoms. The summed E-state index contributed by atoms with van der Waals surface area (Å²) < 4.78 is 2.03. The first-order valence-electron chi connectivity index (χ1n) is 9.97. The highest BCUT2D eigenvalue weighted by Gasteiger charge is 2.21. The molecular formula is C23H20N4O3S2. The number of thiophene rings is 1. The molecule has 7 nitrogen and oxygen atoms in total. The largest absolute Gasteiger partial charge is 0.305 e. The Morgan fingerprint density at radius 1 is 1.12 bits per heavy atom. The Balaban J connectivity index is 1.66. The van der Waals surface area contributed by atoms with Crippen LogP contribution >= 0.6 is 23.1 Å². The van der Waals surface area contributed by atoms with E-state index in [9.17, 15) is 14.9 Å². The van der Waals surface area contributed by atoms with Crippen LogP contribution in [0.5, 0.6) is 0 Å². The molecule has 2 aromatic heterocycles. The van der Waals surface area contributed by atoms with E-state index in [0.29, 0.717) is 28.6 Å². The van der Waals surface area contributed by atoms with Gasteiger partial charge >= 0.3 is 0 Å². The number of rotatable bonds is 9. The second-order valence-electron chi connectivity index (χ2n) is 7.14. The molecule has 2 heterocycles. The summed E-state index contributed by atoms with van der Waals surface area (Å²) in [6, 6.07) is 18.7. The van der Waals surface area contributed by atoms with Crippen molar-refractivity contribution in [2.45, 2.75) is 36.4 Å². The Morgan fingerprint density at radius 2 is 1.94 bits per heavy atom. The number of nitrogens with zero attached hydrogens (tertiary/aromatic N) is 4. The lowest BCUT2D eigenvalue weighted by atomic mass is 10.1. The lowest BCUT2D eigenvalue weighted by Gasteiger charge is -2.10. The fourth-order valence-corrected chi connectivity index (χ4v) is 4.93. The van der Waals surface area contributed by atoms with Gasteiger partial charge in [-0.2, -0.15) is 0 Å². The van der Waals surface area contributed by atoms with Crippen LogP contribution in [-0.2, 0) is 19.4 Å². The summed E-state index contributed by atoms with van der Waals surface area (Å²) in [5.41, 5.74) is 1.39. The maximum atomic E-state index is 11.7. The van der Waals surface area contributed by atoms with Crippen LogP contribution in [0.3, 0.4) is 0 Å². The van der Waals surface area contributed by atoms with Crippen LogP contribution in [0.4, 0.5) is 5.69 Å². The summed E-state index contributed by atoms with van der Waals surface area (Å²) in [5, 5.41) is 23.0. The first-order valence-corrected chi connectivity index (χ1v) is 11.7. The second kappa shape index (κ2) is 9.88. The fourth-order valence-electron chi connectivity index (χ4n) is 3.27. The van der Waals surface area contributed by atoms with Crippen LogP contribution in [0.15, 0.2) is 76.1 Å². The highest BCUT2D eigenvalue weighted by Crippen LogP contribution is 2.35. The molecule has 0 aliphatic carbocycles. The van der Waals surface area contributed by atoms with Gasteiger partial charge < -0.3 is 4.57 Å². The summed E-state index contributed by atoms with van der Waals surface area (Å²) in [5.74, 6) is 0.600. The smallest absolute Gasteiger partial charge is 0.284 e. The molecule has 0 unspecified atom stereocenters. The third-order valence-corrected chi connectivity index (χ3v) is 6.86. The molecule has 2 aromatic carbocycles. The normalized spacial score (nSPS) is 10.9. The van der Waals surface area contributed by atoms with Gasteiger partial charge in [-0.25, -0.2) is 0 Å². The topological polar surface area (TPSA) is 90.9 Å². The lowest BCUT2D eigenvalue weighted by molar-refractivity contribution is -0.387. The first-order chi connectivity index (χ1) is 15.5. The monoisotopic (exact) mass is 464 g/mol. The minimum absolute atomic E-state index is 0.111. The molecule has 162 valence electrons. The minimum atomic E-state index is -0.466. The molecule has 0 amide bonds. The molecule has 0 aliphatic rings. The highest BCUT2D eigenvalue weighted by molar-refractivity contribution is 7.99. The van der Waals surface area contributed by atoms with Gasteiger partial charge in [-0.05, 0) is 54.2 Å². The Labute approximate surface area is 193 Å². The maximum Gasteiger partial charge on any atom is 0.284 e. The summed E-state index contributed by atoms with van der Waals surface area (Å²) in [6.45, 7) is 2.04. The van der Waals surface area contributed by atoms with Crippen molar-refractivity contribution < 1.29 is 9.72 Å². The summed E-state index contributed by atoms with van der Waals surface area (Å²) in [7, 11) is 0. The van der Waals surface area contributed by atoms with Crippen molar-refractivity contribution in [1.29, 1.82) is 0 Å². The van der Waals surface area contributed by atoms with Crippen molar-refractivity contribution in [1.82, 2.24) is 14.8 Å². The number of Topliss-reactive ketones (excluding diaryl/α,β-unsaturated/α-hetero) is 1. The molecule has 0 spiro atoms. The molecule has 32 heavy (non-hydrogen) atoms. The van der Waals surface area contributed by atoms with Crippen LogP contribution in [0.2, 0.25) is 0 Å². The van der Waals surface area contributed by atoms with Crippen molar-refractivity contribution >= 4 is 34.6 Å². The predicted molar refractivity (Wildman–Crippen MR) is 125 cm³/mol. The Bertz CT molecular complexity index is 1240. The zero-order chi connectivity index (χ0) is 22.5. The number of aromatic nitrogens is 3. The van der Waals surface area contributed by atoms with Gasteiger partial charge in [0.1, 0.15) is 5.82 Å². The molecule has 0 saturated carbocycles. The summed E-state index contributed by atoms with van der Waals surface area (Å²) in [4.78, 5) is 24.4. The predicted octanol–water partition coefficient (Wildman–Crippen LogP) is 5.44. The quantitative estimate of drug-likeness (QED) is 0.186. The van der Waals surface area contributed by atoms with Gasteiger partial charge in [0.15, 0.2) is 10.9 Å². The van der Waals surface area contributed by atoms with Gasteiger partial charge in [0.2, 0.25) is 0 Å². The molecule has 4 aromatic rings. The van der Waals surface area contributed by atoms with Crippen LogP contribution < -0.4 is 0 Å². The molecule has 9 heteroatoms. The summed E-state index contributed by atoms with van der Waals surface area (Å²) >= 11 is 2.85. The van der Waals surface area contributed by atoms with Gasteiger partial charge in [-0.3, -0.25) is 14.9 Å². The minimum Gasteiger partial charge on any atom is -0.305 e. The molecule has 0 saturated heterocycles. The molecule has 0 aliphatic heterocycles. The van der Waals surface area contributed by atoms with Crippen molar-refractivity contribution in [2.24, 2.45) is 0 Å². The Morgan fingerprint density at radius 3 is 2.62 bits per heavy atom. The highest BCUT2D eigenvalue weighted by atomic mass is 32.2. The number of carbonyl (C=O) groups is 1. The van der Waals surface area contributed by atoms with Crippen LogP contribution in [0.25, 0.3) is 0 Å². The fraction of sp³-hybridized carbons (Fsp3) is 0.174. The number of hydrogen-bond acceptors (Lipinski definition) is 7. The van der Waals surface area contributed by atoms with Crippen LogP contribution in [-0.4, -0.2) is 25.5 Å². The molecule has 4 rings (SSSR count). The number of ketones is 1. The maximum absolute atomic E-state index is 11.7. The van der Waals surface area contributed by atoms with Crippen molar-refractivity contribution in [3.8, 4) is 0 Å². The van der Waals surface area contributed by atoms with Gasteiger partial charge in [-0.1, -0.05) is 36.4 Å². The molecule has 0 radical (unpaired) electrons. The van der Waals surface area contributed by atoms with E-state index < -0.39 is 4.92 Å². The number of carbonyl (C=O) groups excluding carboxylic acids is 1. The Kier molecular flexibility index (Phi) is 6.77. The van der Waals surface area contributed by atoms with Gasteiger partial charge in [0, 0.05) is 29.5 Å². The standard InChI is InChI=1S/C23H20N4O3S2/c1-16(28)18-9-10-21(20(14-18)27(29)30)32-23-25-24-22(15-19-8-5-13-31-19)26(23)12-11-17-6-3-2-4-7-17/h2-10,13-14H,11-12,15H2,1H3. The van der Waals surface area contributed by atoms with E-state index in [1.165, 1.54) is 35.2 Å². The third kappa shape index (κ3) is 5.12. The molecule has 0 fully saturated rings. The second-order valence-corrected chi connectivity index (χ2v) is 9.18. The molecule has 0 N–H and O–H groups in total. The first kappa shape index (κ1) is 21.9. The van der Waals surface area contributed by atoms with Crippen molar-refractivity contribution in [3.05, 3.63) is 98.0 Å². The van der Waals surface area contributed by atoms with E-state index in [2.05, 4.69) is 28.4 Å². The number of nitro groups is 1. The molecular weight excluding hydrogens is 444 g/mol. The third-order valence-electron chi connectivity index (χ3n) is 4.94. The van der Waals surface area contributed by atoms with E-state index in [0.717, 1.165) is 12.2 Å². The zero-order valence-corrected chi connectivity index (χ0v) is 18.9. The zero-order valence-electron chi connectivity index (χ0n) is 17.3. The van der Waals surface area contributed by atoms with E-state index in [-0.39, 0.29) is 11.5 Å². The van der Waals surface area contributed by atoms with E-state index in [1.807, 2.05) is 34.2 Å². The van der Waals surface area contributed by atoms with E-state index in [1.54, 1.807) is 23.5 Å². The van der Waals surface area contributed by atoms with Crippen molar-refractivity contribution in [2.75, 3.05) is 0 Å². The van der Waals surface area contributed by atoms with Crippen molar-refractivity contribution in [3.63, 3.8) is 0 Å². The molecule has 0 atom stereocenters. The number of benzene rings is 2. The lowest BCUT2D eigenvalue weighted by Crippen LogP contribution is -2.08. The van der Waals surface area contributed by atoms with Crippen LogP contribution in [0.1, 0.15) is 33.5 Å². The van der Waals surface area contributed by atoms with E-state index >= 15 is 0 Å². The SMILES string of the molecule is CC(=O)c1ccc(Sc2nnc(Cc3cccs3)n2CCc2ccccc2)c([N+](=O)[O-])c1. The van der Waals surface area contributed by atoms with Gasteiger partial charge in [-0.15, -0.1) is 21.5 Å². The average Bonchev–Trinajstić information content (AvgIpc) is 3.43. The number of hydrogen-bond donors (Lipinski definition) is 0. The summed E-state index contributed by atoms with van der Waals surface area (Å²) in [6.07, 6.45) is 1.43.